The van der Waals surface area contributed by atoms with E-state index in [1.807, 2.05) is 0 Å². The second-order valence-corrected chi connectivity index (χ2v) is 40.0. The summed E-state index contributed by atoms with van der Waals surface area (Å²) >= 11 is 0. The van der Waals surface area contributed by atoms with Crippen LogP contribution in [0.15, 0.2) is 132 Å². The molecule has 3 saturated carbocycles. The molecule has 14 aromatic rings. The Balaban J connectivity index is -0.000000249. The molecule has 760 valence electrons. The van der Waals surface area contributed by atoms with Gasteiger partial charge in [0.2, 0.25) is 19.7 Å². The zero-order valence-electron chi connectivity index (χ0n) is 122. The molecular weight excluding hydrogens is 1780 g/mol. The van der Waals surface area contributed by atoms with Crippen LogP contribution in [-0.4, -0.2) is 213 Å². The number of hydrogen-bond donors (Lipinski definition) is 9. The van der Waals surface area contributed by atoms with Crippen LogP contribution in [0.3, 0.4) is 0 Å². The van der Waals surface area contributed by atoms with Gasteiger partial charge in [0.1, 0.15) is 86.2 Å². The maximum absolute atomic E-state index is 15.2. The number of H-pyrrole nitrogens is 3. The van der Waals surface area contributed by atoms with Gasteiger partial charge in [-0.2, -0.15) is 19.9 Å². The van der Waals surface area contributed by atoms with Gasteiger partial charge < -0.3 is 86.1 Å². The van der Waals surface area contributed by atoms with Crippen molar-refractivity contribution in [2.45, 2.75) is 140 Å². The maximum Gasteiger partial charge on any atom is 0.414 e. The van der Waals surface area contributed by atoms with Gasteiger partial charge in [-0.25, -0.2) is 79.5 Å². The van der Waals surface area contributed by atoms with Gasteiger partial charge in [0.25, 0.3) is 5.16 Å². The predicted molar refractivity (Wildman–Crippen MR) is 556 cm³/mol. The number of sulfone groups is 2. The third kappa shape index (κ3) is 20.9. The number of aromatic nitrogens is 15. The molecule has 0 bridgehead atoms. The molecule has 135 heavy (non-hydrogen) atoms. The first-order valence-corrected chi connectivity index (χ1v) is 46.7. The molecule has 6 fully saturated rings. The summed E-state index contributed by atoms with van der Waals surface area (Å²) in [5.41, 5.74) is 20.7. The Morgan fingerprint density at radius 1 is 0.519 bits per heavy atom. The van der Waals surface area contributed by atoms with Crippen molar-refractivity contribution in [3.05, 3.63) is 168 Å². The minimum absolute atomic E-state index is 0. The summed E-state index contributed by atoms with van der Waals surface area (Å²) in [7, 11) is -1.08. The molecule has 20 rings (SSSR count). The van der Waals surface area contributed by atoms with Crippen molar-refractivity contribution >= 4 is 126 Å². The number of halogens is 3. The van der Waals surface area contributed by atoms with E-state index in [2.05, 4.69) is 85.2 Å². The fourth-order valence-electron chi connectivity index (χ4n) is 17.5. The summed E-state index contributed by atoms with van der Waals surface area (Å²) in [5.74, 6) is 6.15. The van der Waals surface area contributed by atoms with Gasteiger partial charge in [-0.15, -0.1) is 0 Å². The van der Waals surface area contributed by atoms with E-state index in [0.29, 0.717) is 126 Å². The molecule has 6 aliphatic rings. The number of anilines is 5. The molecular formula is C93H157F3N24O13S2. The number of carbonyl (C=O) groups excluding carboxylic acids is 2. The van der Waals surface area contributed by atoms with Gasteiger partial charge in [0, 0.05) is 151 Å². The Bertz CT molecular complexity index is 7130. The van der Waals surface area contributed by atoms with E-state index in [-0.39, 0.29) is 72.1 Å². The summed E-state index contributed by atoms with van der Waals surface area (Å²) in [6.45, 7) is 21.3. The number of nitrogens with one attached hydrogen (secondary N) is 5. The third-order valence-electron chi connectivity index (χ3n) is 24.4. The van der Waals surface area contributed by atoms with Crippen LogP contribution in [0.25, 0.3) is 65.8 Å². The van der Waals surface area contributed by atoms with Crippen molar-refractivity contribution < 1.29 is 143 Å². The van der Waals surface area contributed by atoms with E-state index in [0.717, 1.165) is 90.0 Å². The van der Waals surface area contributed by atoms with Crippen molar-refractivity contribution in [3.63, 3.8) is 0 Å². The highest BCUT2D eigenvalue weighted by Gasteiger charge is 2.48. The average molecular weight is 1990 g/mol. The second kappa shape index (κ2) is 38.4. The van der Waals surface area contributed by atoms with Crippen LogP contribution in [0, 0.1) is 73.7 Å². The number of aryl methyl sites for hydroxylation is 3. The normalized spacial score (nSPS) is 20.6. The molecule has 0 unspecified atom stereocenters. The minimum atomic E-state index is -4.39. The number of carbonyl (C=O) groups is 2. The van der Waals surface area contributed by atoms with Gasteiger partial charge in [-0.05, 0) is 202 Å². The number of fused-ring (bicyclic) bond motifs is 12. The minimum Gasteiger partial charge on any atom is -0.505 e. The maximum atomic E-state index is 15.2. The predicted octanol–water partition coefficient (Wildman–Crippen LogP) is 19.4. The second-order valence-electron chi connectivity index (χ2n) is 36.2. The lowest BCUT2D eigenvalue weighted by Crippen LogP contribution is -2.46. The lowest BCUT2D eigenvalue weighted by atomic mass is 9.72. The molecule has 3 saturated heterocycles. The number of ether oxygens (including phenoxy) is 6. The SMILES string of the molecule is C.CNc1cc(F)cc2c1[nH]c1nc(Oc3cnc(C)nc3)nc(N3C[C@H]4C[C@@H](N)[C@H]4C3)c12.COc1ccc(CS(=O)(=O)c2nc(S(=O)(=O)Cc3ccc(OC)cc3)c3c(n2)[nH]c2c(N(C)C(=O)OC(C)(C)C)cc(F)cc23)cc1.Cc1ncc(O)cn1.Cc1ncc(Oc2nc(N3C[C@H]4C[C@@H](N)[C@H]4C3)c3c(n2)[nH]c2c(N(C)C(=O)OC(C)(C)C)cc(F)cc23)cn1.N[C@@H]1C[C@@H]2CNC[C@@H]21.[2HH].[2H][2H].[2H][2H].[2H][2H].[2H][2H].[2H][2H].[2H][2H].[2H][2H].[2H][2H].[2H][2H].[2H][2H].[2H][2H].[2H][2H].[2H][2H].[2H][2H].[2H][2H].[2H][2H].[2H][2H].[2H][2H].[2H][2H].[2H][2H].[2H][2H].[2H][2H].[2H][2H]. The molecule has 12 heterocycles. The summed E-state index contributed by atoms with van der Waals surface area (Å²) in [6, 6.07) is 21.6. The average Bonchev–Trinajstić information content (AvgIpc) is 1.58. The number of nitrogens with zero attached hydrogens (tertiary/aromatic N) is 16. The van der Waals surface area contributed by atoms with Crippen molar-refractivity contribution in [1.29, 1.82) is 0 Å². The molecule has 3 aliphatic carbocycles. The van der Waals surface area contributed by atoms with Crippen LogP contribution < -0.4 is 66.4 Å². The van der Waals surface area contributed by atoms with Crippen LogP contribution >= 0.6 is 0 Å². The molecule has 42 heteroatoms. The van der Waals surface area contributed by atoms with Gasteiger partial charge in [0.15, 0.2) is 22.3 Å². The van der Waals surface area contributed by atoms with Crippen molar-refractivity contribution in [2.24, 2.45) is 52.7 Å². The van der Waals surface area contributed by atoms with Gasteiger partial charge in [-0.3, -0.25) is 9.80 Å². The molecule has 5 aromatic carbocycles. The van der Waals surface area contributed by atoms with Crippen molar-refractivity contribution in [1.82, 2.24) is 80.1 Å². The first-order valence-electron chi connectivity index (χ1n) is 66.4. The highest BCUT2D eigenvalue weighted by Crippen LogP contribution is 2.48. The zero-order chi connectivity index (χ0) is 141. The molecule has 0 radical (unpaired) electrons. The summed E-state index contributed by atoms with van der Waals surface area (Å²) in [6.07, 6.45) is 10.9. The summed E-state index contributed by atoms with van der Waals surface area (Å²) < 4.78 is 363. The van der Waals surface area contributed by atoms with Crippen LogP contribution in [0.1, 0.15) is 167 Å². The van der Waals surface area contributed by atoms with Gasteiger partial charge >= 0.3 is 24.2 Å². The number of hydrogen-bond acceptors (Lipinski definition) is 32. The van der Waals surface area contributed by atoms with Crippen molar-refractivity contribution in [2.75, 3.05) is 99.5 Å². The lowest BCUT2D eigenvalue weighted by Gasteiger charge is -2.36. The van der Waals surface area contributed by atoms with Gasteiger partial charge in [-0.1, -0.05) is 31.7 Å². The Hall–Kier alpha value is -13.6. The smallest absolute Gasteiger partial charge is 0.414 e. The molecule has 2 amide bonds. The highest BCUT2D eigenvalue weighted by atomic mass is 32.2. The van der Waals surface area contributed by atoms with E-state index in [1.54, 1.807) is 150 Å². The first kappa shape index (κ1) is 70.2. The quantitative estimate of drug-likeness (QED) is 0.0302. The summed E-state index contributed by atoms with van der Waals surface area (Å²) in [5, 5.41) is 16.3. The molecule has 0 spiro atoms. The molecule has 3 aliphatic heterocycles. The largest absolute Gasteiger partial charge is 0.505 e. The summed E-state index contributed by atoms with van der Waals surface area (Å²) in [4.78, 5) is 93.4. The third-order valence-corrected chi connectivity index (χ3v) is 27.4. The lowest BCUT2D eigenvalue weighted by molar-refractivity contribution is 0.0579. The van der Waals surface area contributed by atoms with E-state index >= 15 is 8.78 Å². The van der Waals surface area contributed by atoms with Crippen LogP contribution in [-0.2, 0) is 40.7 Å². The Morgan fingerprint density at radius 3 is 1.30 bits per heavy atom. The van der Waals surface area contributed by atoms with E-state index < -0.39 is 76.4 Å². The Morgan fingerprint density at radius 2 is 0.911 bits per heavy atom. The molecule has 12 N–H and O–H groups in total. The highest BCUT2D eigenvalue weighted by molar-refractivity contribution is 7.91. The fraction of sp³-hybridized carbons (Fsp3) is 0.398. The van der Waals surface area contributed by atoms with Crippen LogP contribution in [0.2, 0.25) is 0 Å². The Labute approximate surface area is 849 Å². The van der Waals surface area contributed by atoms with Crippen LogP contribution in [0.4, 0.5) is 51.5 Å². The van der Waals surface area contributed by atoms with E-state index in [1.165, 1.54) is 82.3 Å². The molecule has 37 nitrogen and oxygen atoms in total. The fourth-order valence-corrected chi connectivity index (χ4v) is 20.3. The zero-order valence-corrected chi connectivity index (χ0v) is 77.8. The van der Waals surface area contributed by atoms with E-state index in [4.69, 9.17) is 129 Å². The van der Waals surface area contributed by atoms with Crippen LogP contribution in [0.5, 0.6) is 40.8 Å². The number of aromatic amines is 3. The number of aromatic hydroxyl groups is 1. The monoisotopic (exact) mass is 1990 g/mol. The van der Waals surface area contributed by atoms with Gasteiger partial charge in [0.05, 0.1) is 113 Å². The topological polar surface area (TPSA) is 495 Å². The van der Waals surface area contributed by atoms with Crippen molar-refractivity contribution in [3.8, 4) is 40.8 Å². The standard InChI is InChI=1S/C32H33FN4O8S2.C27H31FN8O3.C22H23FN8O.C6H12N2.C5H6N2O.CH4.24H2/c1-32(2,3)45-31(38)37(4)25-16-21(33)15-24-26-28(34-27(24)25)35-30(47(41,42)18-20-9-13-23(44-6)14-10-20)36-29(26)46(39,40)17-19-7-11-22(43-5)12-8-19;1-13-30-9-16(10-31-13)38-25-33-23-21(24(34-25)36-11-14-6-19(29)18(14)12-36)17-7-15(28)8-20(22(17)32-23)35(5)26(37)39-27(2,3)4;1-10-26-6-13(7-27-10)32-22-29-20-18(14-4-12(23)5-17(25-2)19(14)28-20)21(30-22)31-8-11-3-16(24)15(11)9-31;7-6-1-4-2-8-3-5(4)6;1-4-6-2-5(8)3-7-4;;;;;;;;;;;;;;;;;;;;;;;;;/h7-16H,17-18H2,1-6H3,(H,34,35,36);7-10,14,18-19H,6,11-12,29H2,1-5H3,(H,32,33,34);4-7,11,15-16,25H,3,8-9,24H2,1-2H3,(H,28,29,30);4-6,8H,1-3,7H2;2-3,8H,1H3;1H4;24*1H/t;14-,18+,19-;11-,15+,16-;4-,5+,6-;;;;;;;;;;;;;;;;;;;;;;;;;;/m.111........................../s1/i;;;;;;23*1+1D;1+1. The molecule has 9 atom stereocenters. The molecule has 9 aromatic heterocycles. The number of nitrogens with two attached hydrogens (primary N) is 3. The number of benzene rings is 5. The first-order chi connectivity index (χ1) is 86.6. The number of amides is 2. The Kier molecular flexibility index (Phi) is 20.0. The number of methoxy groups -OCH3 is 2. The number of rotatable bonds is 17. The van der Waals surface area contributed by atoms with E-state index in [9.17, 15) is 30.8 Å².